The number of aromatic nitrogens is 1. The number of aryl methyl sites for hydroxylation is 1. The molecule has 1 N–H and O–H groups in total. The van der Waals surface area contributed by atoms with E-state index in [1.54, 1.807) is 0 Å². The van der Waals surface area contributed by atoms with E-state index in [0.717, 1.165) is 22.6 Å². The summed E-state index contributed by atoms with van der Waals surface area (Å²) in [4.78, 5) is 0. The average molecular weight is 357 g/mol. The van der Waals surface area contributed by atoms with Crippen molar-refractivity contribution in [3.63, 3.8) is 0 Å². The van der Waals surface area contributed by atoms with Gasteiger partial charge in [-0.25, -0.2) is 0 Å². The van der Waals surface area contributed by atoms with Crippen molar-refractivity contribution in [3.05, 3.63) is 46.6 Å². The van der Waals surface area contributed by atoms with Crippen LogP contribution in [0.4, 0.5) is 0 Å². The molecule has 2 aromatic rings. The van der Waals surface area contributed by atoms with Crippen molar-refractivity contribution in [1.29, 1.82) is 5.26 Å². The number of thiocyanates is 1. The van der Waals surface area contributed by atoms with Crippen LogP contribution in [0.15, 0.2) is 29.4 Å². The van der Waals surface area contributed by atoms with E-state index in [-0.39, 0.29) is 10.8 Å². The van der Waals surface area contributed by atoms with Gasteiger partial charge in [-0.05, 0) is 45.6 Å². The van der Waals surface area contributed by atoms with Gasteiger partial charge in [-0.3, -0.25) is 0 Å². The standard InChI is InChI=1S/C21H28N2OS/c1-20(2,3)16-9-14(10-17(19(16)24)21(4,5)6)8-15-11-18(25-13-22)23(7)12-15/h9-12,24H,8H2,1-7H3. The van der Waals surface area contributed by atoms with Gasteiger partial charge in [0.25, 0.3) is 0 Å². The molecule has 3 nitrogen and oxygen atoms in total. The number of benzene rings is 1. The smallest absolute Gasteiger partial charge is 0.140 e. The Morgan fingerprint density at radius 3 is 1.96 bits per heavy atom. The minimum Gasteiger partial charge on any atom is -0.507 e. The van der Waals surface area contributed by atoms with Gasteiger partial charge in [-0.15, -0.1) is 0 Å². The zero-order valence-electron chi connectivity index (χ0n) is 16.3. The molecule has 1 aromatic carbocycles. The summed E-state index contributed by atoms with van der Waals surface area (Å²) in [5, 5.41) is 22.8. The topological polar surface area (TPSA) is 49.0 Å². The lowest BCUT2D eigenvalue weighted by molar-refractivity contribution is 0.423. The molecule has 0 aliphatic heterocycles. The lowest BCUT2D eigenvalue weighted by Crippen LogP contribution is -2.18. The van der Waals surface area contributed by atoms with Crippen LogP contribution in [0.3, 0.4) is 0 Å². The number of aromatic hydroxyl groups is 1. The van der Waals surface area contributed by atoms with Crippen molar-refractivity contribution in [1.82, 2.24) is 4.57 Å². The molecular weight excluding hydrogens is 328 g/mol. The summed E-state index contributed by atoms with van der Waals surface area (Å²) in [6, 6.07) is 6.30. The highest BCUT2D eigenvalue weighted by Crippen LogP contribution is 2.40. The number of nitrogens with zero attached hydrogens (tertiary/aromatic N) is 2. The van der Waals surface area contributed by atoms with Gasteiger partial charge in [0.2, 0.25) is 0 Å². The summed E-state index contributed by atoms with van der Waals surface area (Å²) >= 11 is 1.18. The summed E-state index contributed by atoms with van der Waals surface area (Å²) in [5.41, 5.74) is 4.07. The molecule has 0 aliphatic rings. The van der Waals surface area contributed by atoms with Gasteiger partial charge < -0.3 is 9.67 Å². The predicted molar refractivity (Wildman–Crippen MR) is 105 cm³/mol. The molecule has 0 spiro atoms. The number of thioether (sulfide) groups is 1. The Bertz CT molecular complexity index is 779. The Balaban J connectivity index is 2.51. The van der Waals surface area contributed by atoms with E-state index in [1.165, 1.54) is 22.9 Å². The van der Waals surface area contributed by atoms with Crippen LogP contribution in [-0.4, -0.2) is 9.67 Å². The number of hydrogen-bond acceptors (Lipinski definition) is 3. The molecule has 0 atom stereocenters. The summed E-state index contributed by atoms with van der Waals surface area (Å²) in [7, 11) is 1.96. The quantitative estimate of drug-likeness (QED) is 0.584. The second-order valence-electron chi connectivity index (χ2n) is 8.71. The monoisotopic (exact) mass is 356 g/mol. The average Bonchev–Trinajstić information content (AvgIpc) is 2.78. The lowest BCUT2D eigenvalue weighted by Gasteiger charge is -2.28. The maximum absolute atomic E-state index is 10.8. The second-order valence-corrected chi connectivity index (χ2v) is 9.51. The van der Waals surface area contributed by atoms with Crippen LogP contribution < -0.4 is 0 Å². The van der Waals surface area contributed by atoms with Crippen molar-refractivity contribution in [3.8, 4) is 11.2 Å². The molecule has 0 saturated carbocycles. The fraction of sp³-hybridized carbons (Fsp3) is 0.476. The van der Waals surface area contributed by atoms with Crippen molar-refractivity contribution in [2.75, 3.05) is 0 Å². The fourth-order valence-corrected chi connectivity index (χ4v) is 3.53. The van der Waals surface area contributed by atoms with Crippen molar-refractivity contribution in [2.45, 2.75) is 63.8 Å². The Morgan fingerprint density at radius 1 is 1.00 bits per heavy atom. The predicted octanol–water partition coefficient (Wildman–Crippen LogP) is 5.49. The minimum absolute atomic E-state index is 0.126. The summed E-state index contributed by atoms with van der Waals surface area (Å²) < 4.78 is 1.99. The number of nitriles is 1. The fourth-order valence-electron chi connectivity index (χ4n) is 3.03. The maximum Gasteiger partial charge on any atom is 0.140 e. The van der Waals surface area contributed by atoms with Gasteiger partial charge in [0.05, 0.1) is 5.03 Å². The van der Waals surface area contributed by atoms with Crippen molar-refractivity contribution in [2.24, 2.45) is 7.05 Å². The van der Waals surface area contributed by atoms with Crippen LogP contribution in [0, 0.1) is 10.7 Å². The highest BCUT2D eigenvalue weighted by Gasteiger charge is 2.26. The Labute approximate surface area is 155 Å². The SMILES string of the molecule is Cn1cc(Cc2cc(C(C)(C)C)c(O)c(C(C)(C)C)c2)cc1SC#N. The van der Waals surface area contributed by atoms with Gasteiger partial charge in [0.1, 0.15) is 11.2 Å². The van der Waals surface area contributed by atoms with Crippen LogP contribution in [-0.2, 0) is 24.3 Å². The number of rotatable bonds is 3. The number of hydrogen-bond donors (Lipinski definition) is 1. The summed E-state index contributed by atoms with van der Waals surface area (Å²) in [6.45, 7) is 12.8. The van der Waals surface area contributed by atoms with E-state index >= 15 is 0 Å². The van der Waals surface area contributed by atoms with E-state index in [1.807, 2.05) is 11.6 Å². The number of phenolic OH excluding ortho intramolecular Hbond substituents is 1. The molecule has 0 unspecified atom stereocenters. The molecular formula is C21H28N2OS. The molecule has 0 amide bonds. The van der Waals surface area contributed by atoms with E-state index in [9.17, 15) is 5.11 Å². The Kier molecular flexibility index (Phi) is 5.30. The van der Waals surface area contributed by atoms with Crippen LogP contribution in [0.5, 0.6) is 5.75 Å². The normalized spacial score (nSPS) is 12.2. The zero-order valence-corrected chi connectivity index (χ0v) is 17.1. The van der Waals surface area contributed by atoms with Crippen molar-refractivity contribution < 1.29 is 5.11 Å². The molecule has 1 aromatic heterocycles. The maximum atomic E-state index is 10.8. The number of phenols is 1. The van der Waals surface area contributed by atoms with Gasteiger partial charge >= 0.3 is 0 Å². The third-order valence-electron chi connectivity index (χ3n) is 4.36. The van der Waals surface area contributed by atoms with Crippen LogP contribution >= 0.6 is 11.8 Å². The Hall–Kier alpha value is -1.86. The molecule has 1 heterocycles. The molecule has 134 valence electrons. The lowest BCUT2D eigenvalue weighted by atomic mass is 9.78. The third-order valence-corrected chi connectivity index (χ3v) is 5.07. The van der Waals surface area contributed by atoms with Gasteiger partial charge in [0.15, 0.2) is 0 Å². The second kappa shape index (κ2) is 6.80. The first kappa shape index (κ1) is 19.5. The highest BCUT2D eigenvalue weighted by atomic mass is 32.2. The molecule has 0 fully saturated rings. The van der Waals surface area contributed by atoms with E-state index in [2.05, 4.69) is 71.3 Å². The van der Waals surface area contributed by atoms with Gasteiger partial charge in [-0.1, -0.05) is 53.7 Å². The largest absolute Gasteiger partial charge is 0.507 e. The molecule has 0 saturated heterocycles. The third kappa shape index (κ3) is 4.41. The first-order valence-electron chi connectivity index (χ1n) is 8.51. The molecule has 2 rings (SSSR count). The van der Waals surface area contributed by atoms with Gasteiger partial charge in [0, 0.05) is 25.0 Å². The highest BCUT2D eigenvalue weighted by molar-refractivity contribution is 8.03. The van der Waals surface area contributed by atoms with Crippen LogP contribution in [0.25, 0.3) is 0 Å². The van der Waals surface area contributed by atoms with Crippen LogP contribution in [0.1, 0.15) is 63.8 Å². The Morgan fingerprint density at radius 2 is 1.52 bits per heavy atom. The van der Waals surface area contributed by atoms with Gasteiger partial charge in [-0.2, -0.15) is 5.26 Å². The van der Waals surface area contributed by atoms with Crippen molar-refractivity contribution >= 4 is 11.8 Å². The first-order chi connectivity index (χ1) is 11.4. The molecule has 25 heavy (non-hydrogen) atoms. The van der Waals surface area contributed by atoms with E-state index in [4.69, 9.17) is 5.26 Å². The molecule has 0 aliphatic carbocycles. The minimum atomic E-state index is -0.126. The first-order valence-corrected chi connectivity index (χ1v) is 9.33. The molecule has 0 radical (unpaired) electrons. The van der Waals surface area contributed by atoms with Crippen LogP contribution in [0.2, 0.25) is 0 Å². The zero-order chi connectivity index (χ0) is 19.0. The molecule has 4 heteroatoms. The molecule has 0 bridgehead atoms. The summed E-state index contributed by atoms with van der Waals surface area (Å²) in [6.07, 6.45) is 2.85. The summed E-state index contributed by atoms with van der Waals surface area (Å²) in [5.74, 6) is 0.414. The van der Waals surface area contributed by atoms with E-state index in [0.29, 0.717) is 5.75 Å². The van der Waals surface area contributed by atoms with E-state index < -0.39 is 0 Å².